The Morgan fingerprint density at radius 2 is 2.59 bits per heavy atom. The molecule has 1 aromatic rings. The third kappa shape index (κ3) is 1.28. The summed E-state index contributed by atoms with van der Waals surface area (Å²) in [6.07, 6.45) is -4.14. The summed E-state index contributed by atoms with van der Waals surface area (Å²) < 4.78 is 119. The molecule has 22 heavy (non-hydrogen) atoms. The lowest BCUT2D eigenvalue weighted by atomic mass is 9.53. The van der Waals surface area contributed by atoms with Crippen LogP contribution in [-0.4, -0.2) is 50.2 Å². The summed E-state index contributed by atoms with van der Waals surface area (Å²) in [5.74, 6) is -3.39. The van der Waals surface area contributed by atoms with E-state index >= 15 is 0 Å². The third-order valence-electron chi connectivity index (χ3n) is 4.96. The van der Waals surface area contributed by atoms with Gasteiger partial charge in [-0.05, 0) is 38.0 Å². The Morgan fingerprint density at radius 1 is 1.59 bits per heavy atom. The summed E-state index contributed by atoms with van der Waals surface area (Å²) in [5, 5.41) is 4.60. The van der Waals surface area contributed by atoms with Crippen molar-refractivity contribution in [1.82, 2.24) is 4.90 Å². The van der Waals surface area contributed by atoms with Crippen LogP contribution in [-0.2, 0) is 11.8 Å². The van der Waals surface area contributed by atoms with Crippen LogP contribution in [0.2, 0.25) is 0 Å². The fourth-order valence-electron chi connectivity index (χ4n) is 4.09. The summed E-state index contributed by atoms with van der Waals surface area (Å²) in [7, 11) is -3.07. The average molecular weight is 312 g/mol. The van der Waals surface area contributed by atoms with Gasteiger partial charge >= 0.3 is 0 Å². The Bertz CT molecular complexity index is 1170. The SMILES string of the molecule is [2H]OC1([2H])C=C[C@@]2([2H])[C@@]3([2H])Cc4c([2H])c([2H])c(OC([2H])([2H])[2H])c5c4[C@@]2(CCN3C([2H])([2H])[2H])C1([2H])O5. The fourth-order valence-corrected chi connectivity index (χ4v) is 4.09. The summed E-state index contributed by atoms with van der Waals surface area (Å²) in [5.41, 5.74) is -2.14. The zero-order valence-electron chi connectivity index (χ0n) is 24.4. The van der Waals surface area contributed by atoms with Crippen molar-refractivity contribution in [2.45, 2.75) is 36.4 Å². The van der Waals surface area contributed by atoms with Crippen molar-refractivity contribution in [3.63, 3.8) is 0 Å². The molecule has 1 saturated heterocycles. The van der Waals surface area contributed by atoms with Crippen molar-refractivity contribution >= 4 is 0 Å². The number of nitrogens with zero attached hydrogens (tertiary/aromatic N) is 1. The normalized spacial score (nSPS) is 64.1. The third-order valence-corrected chi connectivity index (χ3v) is 4.96. The highest BCUT2D eigenvalue weighted by atomic mass is 16.5. The molecule has 1 spiro atoms. The summed E-state index contributed by atoms with van der Waals surface area (Å²) >= 11 is 0. The topological polar surface area (TPSA) is 41.9 Å². The first-order valence-corrected chi connectivity index (χ1v) is 7.01. The van der Waals surface area contributed by atoms with Gasteiger partial charge in [0.25, 0.3) is 0 Å². The van der Waals surface area contributed by atoms with Crippen LogP contribution in [0.3, 0.4) is 0 Å². The van der Waals surface area contributed by atoms with Crippen molar-refractivity contribution in [2.75, 3.05) is 20.6 Å². The minimum absolute atomic E-state index is 0.0474. The van der Waals surface area contributed by atoms with Gasteiger partial charge in [0.2, 0.25) is 1.43 Å². The minimum atomic E-state index is -3.07. The van der Waals surface area contributed by atoms with Crippen LogP contribution in [0.15, 0.2) is 24.2 Å². The van der Waals surface area contributed by atoms with Crippen LogP contribution in [0, 0.1) is 5.89 Å². The minimum Gasteiger partial charge on any atom is -0.493 e. The number of hydrogen-bond acceptors (Lipinski definition) is 4. The van der Waals surface area contributed by atoms with Gasteiger partial charge in [-0.25, -0.2) is 0 Å². The Hall–Kier alpha value is -1.52. The second-order valence-corrected chi connectivity index (χ2v) is 5.84. The van der Waals surface area contributed by atoms with Gasteiger partial charge in [-0.2, -0.15) is 0 Å². The molecule has 0 saturated carbocycles. The van der Waals surface area contributed by atoms with Crippen LogP contribution in [0.5, 0.6) is 11.5 Å². The molecule has 4 heteroatoms. The maximum absolute atomic E-state index is 9.51. The highest BCUT2D eigenvalue weighted by Gasteiger charge is 2.64. The van der Waals surface area contributed by atoms with Gasteiger partial charge in [-0.3, -0.25) is 0 Å². The molecule has 5 rings (SSSR count). The smallest absolute Gasteiger partial charge is 0.211 e. The quantitative estimate of drug-likeness (QED) is 0.841. The summed E-state index contributed by atoms with van der Waals surface area (Å²) in [4.78, 5) is 0.832. The van der Waals surface area contributed by atoms with Crippen LogP contribution < -0.4 is 9.47 Å². The Labute approximate surface area is 148 Å². The molecule has 1 fully saturated rings. The number of likely N-dealkylation sites (tertiary alicyclic amines) is 1. The molecule has 4 aliphatic rings. The van der Waals surface area contributed by atoms with E-state index in [-0.39, 0.29) is 24.1 Å². The first-order chi connectivity index (χ1) is 15.8. The van der Waals surface area contributed by atoms with E-state index in [4.69, 9.17) is 23.2 Å². The molecular weight excluding hydrogens is 278 g/mol. The van der Waals surface area contributed by atoms with E-state index in [0.717, 1.165) is 17.1 Å². The van der Waals surface area contributed by atoms with E-state index in [1.54, 1.807) is 0 Å². The molecular formula is C18H21NO3. The van der Waals surface area contributed by atoms with E-state index in [9.17, 15) is 4.11 Å². The maximum atomic E-state index is 9.51. The standard InChI is InChI=1S/C18H21NO3/c1-19-8-7-18-11-4-5-13(20)17(18)22-16-14(21-2)6-3-10(15(16)18)9-12(11)19/h3-6,11-13,17,20H,7-9H2,1-2H3/t11-,12+,13?,17?,18-/m0/s1/i1D3,2D3,3D,6D,11D,12D,13D,17D,20D. The van der Waals surface area contributed by atoms with Crippen LogP contribution in [0.25, 0.3) is 0 Å². The molecule has 2 heterocycles. The monoisotopic (exact) mass is 312 g/mol. The van der Waals surface area contributed by atoms with E-state index in [1.807, 2.05) is 0 Å². The summed E-state index contributed by atoms with van der Waals surface area (Å²) in [6, 6.07) is -3.57. The average Bonchev–Trinajstić information content (AvgIpc) is 2.99. The molecule has 2 aliphatic carbocycles. The molecule has 0 amide bonds. The molecule has 2 unspecified atom stereocenters. The van der Waals surface area contributed by atoms with E-state index in [1.165, 1.54) is 0 Å². The van der Waals surface area contributed by atoms with Gasteiger partial charge in [0.05, 0.1) is 16.6 Å². The molecule has 4 nitrogen and oxygen atoms in total. The highest BCUT2D eigenvalue weighted by Crippen LogP contribution is 2.62. The number of piperidine rings is 1. The Morgan fingerprint density at radius 3 is 3.45 bits per heavy atom. The fraction of sp³-hybridized carbons (Fsp3) is 0.556. The van der Waals surface area contributed by atoms with Gasteiger partial charge < -0.3 is 19.5 Å². The lowest BCUT2D eigenvalue weighted by Crippen LogP contribution is -2.64. The molecule has 2 aliphatic heterocycles. The molecule has 0 aromatic heterocycles. The Kier molecular flexibility index (Phi) is 1.02. The molecule has 1 N–H and O–H groups in total. The predicted octanol–water partition coefficient (Wildman–Crippen LogP) is 1.50. The molecule has 2 bridgehead atoms. The number of aliphatic hydroxyl groups is 1. The first kappa shape index (κ1) is 5.53. The van der Waals surface area contributed by atoms with Gasteiger partial charge in [0, 0.05) is 29.7 Å². The zero-order chi connectivity index (χ0) is 26.2. The number of hydrogen-bond donors (Lipinski definition) is 1. The number of ether oxygens (including phenoxy) is 2. The summed E-state index contributed by atoms with van der Waals surface area (Å²) in [6.45, 7) is -3.15. The van der Waals surface area contributed by atoms with E-state index < -0.39 is 73.5 Å². The van der Waals surface area contributed by atoms with Gasteiger partial charge in [-0.1, -0.05) is 18.2 Å². The second kappa shape index (κ2) is 4.06. The molecule has 1 aromatic carbocycles. The maximum Gasteiger partial charge on any atom is 0.211 e. The highest BCUT2D eigenvalue weighted by molar-refractivity contribution is 5.62. The largest absolute Gasteiger partial charge is 0.493 e. The van der Waals surface area contributed by atoms with Crippen LogP contribution >= 0.6 is 0 Å². The second-order valence-electron chi connectivity index (χ2n) is 5.84. The molecule has 116 valence electrons. The number of methoxy groups -OCH3 is 1. The lowest BCUT2D eigenvalue weighted by Gasteiger charge is -2.56. The zero-order valence-corrected chi connectivity index (χ0v) is 11.4. The molecule has 5 atom stereocenters. The Balaban J connectivity index is 1.94. The van der Waals surface area contributed by atoms with Crippen molar-refractivity contribution < 1.29 is 31.0 Å². The van der Waals surface area contributed by atoms with Gasteiger partial charge in [0.1, 0.15) is 12.2 Å². The van der Waals surface area contributed by atoms with Crippen molar-refractivity contribution in [3.05, 3.63) is 35.4 Å². The number of likely N-dealkylation sites (N-methyl/N-ethyl adjacent to an activating group) is 1. The van der Waals surface area contributed by atoms with Crippen LogP contribution in [0.4, 0.5) is 0 Å². The van der Waals surface area contributed by atoms with Crippen LogP contribution in [0.1, 0.15) is 34.0 Å². The lowest BCUT2D eigenvalue weighted by molar-refractivity contribution is -0.0453. The first-order valence-electron chi connectivity index (χ1n) is 13.4. The van der Waals surface area contributed by atoms with Gasteiger partial charge in [0.15, 0.2) is 11.5 Å². The molecule has 0 radical (unpaired) electrons. The van der Waals surface area contributed by atoms with E-state index in [2.05, 4.69) is 5.11 Å². The van der Waals surface area contributed by atoms with Crippen molar-refractivity contribution in [1.29, 1.82) is 1.43 Å². The van der Waals surface area contributed by atoms with E-state index in [0.29, 0.717) is 0 Å². The number of benzene rings is 1. The van der Waals surface area contributed by atoms with Crippen molar-refractivity contribution in [2.24, 2.45) is 5.89 Å². The predicted molar refractivity (Wildman–Crippen MR) is 82.5 cm³/mol. The number of rotatable bonds is 2. The van der Waals surface area contributed by atoms with Crippen molar-refractivity contribution in [3.8, 4) is 11.5 Å². The van der Waals surface area contributed by atoms with Gasteiger partial charge in [-0.15, -0.1) is 0 Å².